The molecule has 0 aromatic heterocycles. The normalized spacial score (nSPS) is 30.1. The first-order valence-electron chi connectivity index (χ1n) is 7.25. The van der Waals surface area contributed by atoms with Gasteiger partial charge in [0.25, 0.3) is 0 Å². The Morgan fingerprint density at radius 3 is 2.45 bits per heavy atom. The van der Waals surface area contributed by atoms with E-state index in [0.29, 0.717) is 6.54 Å². The fourth-order valence-corrected chi connectivity index (χ4v) is 3.39. The van der Waals surface area contributed by atoms with Gasteiger partial charge in [0.1, 0.15) is 5.75 Å². The number of nitrogens with two attached hydrogens (primary N) is 1. The van der Waals surface area contributed by atoms with Crippen molar-refractivity contribution >= 4 is 5.69 Å². The van der Waals surface area contributed by atoms with Crippen LogP contribution in [0.1, 0.15) is 26.7 Å². The molecule has 1 aliphatic heterocycles. The minimum Gasteiger partial charge on any atom is -0.495 e. The van der Waals surface area contributed by atoms with Crippen LogP contribution >= 0.6 is 0 Å². The Morgan fingerprint density at radius 1 is 1.30 bits per heavy atom. The highest BCUT2D eigenvalue weighted by atomic mass is 16.5. The minimum atomic E-state index is -0.0777. The minimum absolute atomic E-state index is 0.0777. The lowest BCUT2D eigenvalue weighted by atomic mass is 9.82. The Hall–Kier alpha value is -1.26. The van der Waals surface area contributed by atoms with Crippen molar-refractivity contribution in [2.75, 3.05) is 25.6 Å². The number of likely N-dealkylation sites (N-methyl/N-ethyl adjacent to an activating group) is 1. The number of hydrogen-bond donors (Lipinski definition) is 1. The third-order valence-corrected chi connectivity index (χ3v) is 4.34. The number of ether oxygens (including phenoxy) is 2. The molecule has 1 heterocycles. The lowest BCUT2D eigenvalue weighted by Gasteiger charge is -2.49. The van der Waals surface area contributed by atoms with Gasteiger partial charge in [-0.05, 0) is 38.8 Å². The molecule has 2 atom stereocenters. The van der Waals surface area contributed by atoms with Crippen molar-refractivity contribution in [3.8, 4) is 5.75 Å². The maximum atomic E-state index is 6.15. The number of benzene rings is 1. The molecule has 1 aromatic carbocycles. The van der Waals surface area contributed by atoms with Gasteiger partial charge in [0.05, 0.1) is 30.5 Å². The van der Waals surface area contributed by atoms with Crippen LogP contribution in [0.25, 0.3) is 0 Å². The van der Waals surface area contributed by atoms with Gasteiger partial charge < -0.3 is 20.1 Å². The van der Waals surface area contributed by atoms with Gasteiger partial charge in [-0.2, -0.15) is 0 Å². The topological polar surface area (TPSA) is 47.7 Å². The molecule has 0 saturated carbocycles. The zero-order chi connectivity index (χ0) is 14.8. The average molecular weight is 278 g/mol. The molecule has 0 bridgehead atoms. The molecular formula is C16H26N2O2. The smallest absolute Gasteiger partial charge is 0.142 e. The molecule has 1 aliphatic rings. The average Bonchev–Trinajstić information content (AvgIpc) is 2.45. The summed E-state index contributed by atoms with van der Waals surface area (Å²) in [5.41, 5.74) is 7.16. The molecule has 2 rings (SSSR count). The van der Waals surface area contributed by atoms with Crippen molar-refractivity contribution in [3.63, 3.8) is 0 Å². The molecule has 2 N–H and O–H groups in total. The van der Waals surface area contributed by atoms with Gasteiger partial charge >= 0.3 is 0 Å². The molecule has 112 valence electrons. The number of anilines is 1. The van der Waals surface area contributed by atoms with E-state index >= 15 is 0 Å². The quantitative estimate of drug-likeness (QED) is 0.919. The summed E-state index contributed by atoms with van der Waals surface area (Å²) < 4.78 is 11.4. The van der Waals surface area contributed by atoms with E-state index < -0.39 is 0 Å². The Labute approximate surface area is 121 Å². The molecular weight excluding hydrogens is 252 g/mol. The van der Waals surface area contributed by atoms with Crippen molar-refractivity contribution < 1.29 is 9.47 Å². The monoisotopic (exact) mass is 278 g/mol. The molecule has 0 radical (unpaired) electrons. The number of methoxy groups -OCH3 is 1. The van der Waals surface area contributed by atoms with Gasteiger partial charge in [0, 0.05) is 13.6 Å². The predicted molar refractivity (Wildman–Crippen MR) is 82.4 cm³/mol. The second kappa shape index (κ2) is 6.02. The van der Waals surface area contributed by atoms with E-state index in [-0.39, 0.29) is 17.7 Å². The van der Waals surface area contributed by atoms with Gasteiger partial charge in [-0.1, -0.05) is 12.1 Å². The van der Waals surface area contributed by atoms with Crippen LogP contribution in [-0.4, -0.2) is 38.4 Å². The van der Waals surface area contributed by atoms with Crippen molar-refractivity contribution in [2.24, 2.45) is 5.73 Å². The summed E-state index contributed by atoms with van der Waals surface area (Å²) in [6, 6.07) is 8.09. The van der Waals surface area contributed by atoms with Gasteiger partial charge in [-0.25, -0.2) is 0 Å². The van der Waals surface area contributed by atoms with Gasteiger partial charge in [-0.15, -0.1) is 0 Å². The fraction of sp³-hybridized carbons (Fsp3) is 0.625. The van der Waals surface area contributed by atoms with Crippen LogP contribution < -0.4 is 15.4 Å². The highest BCUT2D eigenvalue weighted by Gasteiger charge is 2.41. The van der Waals surface area contributed by atoms with Crippen molar-refractivity contribution in [1.82, 2.24) is 0 Å². The largest absolute Gasteiger partial charge is 0.495 e. The van der Waals surface area contributed by atoms with E-state index in [0.717, 1.165) is 24.3 Å². The van der Waals surface area contributed by atoms with E-state index in [1.54, 1.807) is 7.11 Å². The molecule has 0 spiro atoms. The van der Waals surface area contributed by atoms with Crippen LogP contribution in [0.2, 0.25) is 0 Å². The van der Waals surface area contributed by atoms with Crippen LogP contribution in [0.5, 0.6) is 5.75 Å². The Bertz CT molecular complexity index is 440. The first-order chi connectivity index (χ1) is 9.52. The molecule has 20 heavy (non-hydrogen) atoms. The van der Waals surface area contributed by atoms with Gasteiger partial charge in [0.2, 0.25) is 0 Å². The summed E-state index contributed by atoms with van der Waals surface area (Å²) in [4.78, 5) is 2.28. The fourth-order valence-electron chi connectivity index (χ4n) is 3.39. The third-order valence-electron chi connectivity index (χ3n) is 4.34. The maximum Gasteiger partial charge on any atom is 0.142 e. The molecule has 4 heteroatoms. The molecule has 1 fully saturated rings. The highest BCUT2D eigenvalue weighted by Crippen LogP contribution is 2.38. The summed E-state index contributed by atoms with van der Waals surface area (Å²) in [6.07, 6.45) is 2.31. The van der Waals surface area contributed by atoms with Crippen LogP contribution in [-0.2, 0) is 4.74 Å². The lowest BCUT2D eigenvalue weighted by Crippen LogP contribution is -2.58. The van der Waals surface area contributed by atoms with Crippen LogP contribution in [0.15, 0.2) is 24.3 Å². The summed E-state index contributed by atoms with van der Waals surface area (Å²) in [5.74, 6) is 0.884. The second-order valence-electron chi connectivity index (χ2n) is 5.82. The van der Waals surface area contributed by atoms with E-state index in [4.69, 9.17) is 15.2 Å². The molecule has 2 unspecified atom stereocenters. The SMILES string of the molecule is COc1ccccc1N(C)C1(CN)CC(C)OC(C)C1. The first-order valence-corrected chi connectivity index (χ1v) is 7.25. The number of nitrogens with zero attached hydrogens (tertiary/aromatic N) is 1. The molecule has 1 aromatic rings. The summed E-state index contributed by atoms with van der Waals surface area (Å²) in [7, 11) is 3.81. The van der Waals surface area contributed by atoms with Crippen molar-refractivity contribution in [3.05, 3.63) is 24.3 Å². The Morgan fingerprint density at radius 2 is 1.90 bits per heavy atom. The molecule has 0 aliphatic carbocycles. The molecule has 1 saturated heterocycles. The van der Waals surface area contributed by atoms with Crippen LogP contribution in [0.3, 0.4) is 0 Å². The summed E-state index contributed by atoms with van der Waals surface area (Å²) in [5, 5.41) is 0. The lowest BCUT2D eigenvalue weighted by molar-refractivity contribution is -0.0591. The zero-order valence-corrected chi connectivity index (χ0v) is 12.9. The molecule has 4 nitrogen and oxygen atoms in total. The highest BCUT2D eigenvalue weighted by molar-refractivity contribution is 5.60. The first kappa shape index (κ1) is 15.1. The number of hydrogen-bond acceptors (Lipinski definition) is 4. The van der Waals surface area contributed by atoms with Crippen molar-refractivity contribution in [1.29, 1.82) is 0 Å². The summed E-state index contributed by atoms with van der Waals surface area (Å²) >= 11 is 0. The van der Waals surface area contributed by atoms with E-state index in [1.807, 2.05) is 18.2 Å². The predicted octanol–water partition coefficient (Wildman–Crippen LogP) is 2.42. The number of para-hydroxylation sites is 2. The van der Waals surface area contributed by atoms with Crippen LogP contribution in [0, 0.1) is 0 Å². The zero-order valence-electron chi connectivity index (χ0n) is 12.9. The number of rotatable bonds is 4. The second-order valence-corrected chi connectivity index (χ2v) is 5.82. The standard InChI is InChI=1S/C16H26N2O2/c1-12-9-16(11-17,10-13(2)20-12)18(3)14-7-5-6-8-15(14)19-4/h5-8,12-13H,9-11,17H2,1-4H3. The maximum absolute atomic E-state index is 6.15. The Balaban J connectivity index is 2.35. The van der Waals surface area contributed by atoms with Gasteiger partial charge in [-0.3, -0.25) is 0 Å². The van der Waals surface area contributed by atoms with E-state index in [9.17, 15) is 0 Å². The van der Waals surface area contributed by atoms with Crippen molar-refractivity contribution in [2.45, 2.75) is 44.4 Å². The Kier molecular flexibility index (Phi) is 4.55. The van der Waals surface area contributed by atoms with Crippen LogP contribution in [0.4, 0.5) is 5.69 Å². The van der Waals surface area contributed by atoms with E-state index in [1.165, 1.54) is 0 Å². The summed E-state index contributed by atoms with van der Waals surface area (Å²) in [6.45, 7) is 4.85. The molecule has 0 amide bonds. The van der Waals surface area contributed by atoms with E-state index in [2.05, 4.69) is 31.9 Å². The van der Waals surface area contributed by atoms with Gasteiger partial charge in [0.15, 0.2) is 0 Å². The third kappa shape index (κ3) is 2.76.